The molecule has 2 aromatic rings. The lowest BCUT2D eigenvalue weighted by Gasteiger charge is -2.44. The molecule has 0 N–H and O–H groups in total. The van der Waals surface area contributed by atoms with Gasteiger partial charge in [0.25, 0.3) is 0 Å². The monoisotopic (exact) mass is 372 g/mol. The molecule has 0 radical (unpaired) electrons. The molecule has 1 aromatic heterocycles. The number of halogens is 1. The third kappa shape index (κ3) is 3.15. The smallest absolute Gasteiger partial charge is 0.223 e. The van der Waals surface area contributed by atoms with E-state index in [4.69, 9.17) is 11.6 Å². The van der Waals surface area contributed by atoms with Crippen LogP contribution in [0, 0.1) is 5.92 Å². The quantitative estimate of drug-likeness (QED) is 0.697. The Morgan fingerprint density at radius 3 is 2.85 bits per heavy atom. The van der Waals surface area contributed by atoms with Gasteiger partial charge in [0.2, 0.25) is 5.91 Å². The van der Waals surface area contributed by atoms with E-state index in [2.05, 4.69) is 28.7 Å². The third-order valence-electron chi connectivity index (χ3n) is 6.57. The van der Waals surface area contributed by atoms with E-state index in [-0.39, 0.29) is 5.92 Å². The minimum atomic E-state index is 0.176. The van der Waals surface area contributed by atoms with E-state index >= 15 is 0 Å². The van der Waals surface area contributed by atoms with Crippen LogP contribution in [0.1, 0.15) is 63.4 Å². The molecule has 2 aliphatic rings. The van der Waals surface area contributed by atoms with E-state index < -0.39 is 0 Å². The molecule has 1 amide bonds. The zero-order chi connectivity index (χ0) is 18.3. The molecule has 1 aromatic carbocycles. The van der Waals surface area contributed by atoms with Crippen LogP contribution in [0.3, 0.4) is 0 Å². The lowest BCUT2D eigenvalue weighted by Crippen LogP contribution is -2.49. The normalized spacial score (nSPS) is 24.5. The zero-order valence-electron chi connectivity index (χ0n) is 15.9. The summed E-state index contributed by atoms with van der Waals surface area (Å²) in [5, 5.41) is 1.88. The predicted molar refractivity (Wildman–Crippen MR) is 108 cm³/mol. The number of benzene rings is 1. The number of aryl methyl sites for hydroxylation is 1. The fraction of sp³-hybridized carbons (Fsp3) is 0.591. The first-order valence-electron chi connectivity index (χ1n) is 10.1. The Morgan fingerprint density at radius 1 is 1.23 bits per heavy atom. The number of hydrogen-bond donors (Lipinski definition) is 0. The van der Waals surface area contributed by atoms with Gasteiger partial charge in [-0.05, 0) is 55.2 Å². The number of aromatic nitrogens is 1. The number of amides is 1. The molecule has 3 atom stereocenters. The molecule has 1 saturated heterocycles. The number of rotatable bonds is 3. The van der Waals surface area contributed by atoms with E-state index in [1.807, 2.05) is 19.2 Å². The van der Waals surface area contributed by atoms with Crippen LogP contribution >= 0.6 is 11.6 Å². The molecule has 140 valence electrons. The topological polar surface area (TPSA) is 25.2 Å². The van der Waals surface area contributed by atoms with Crippen molar-refractivity contribution in [3.63, 3.8) is 0 Å². The summed E-state index contributed by atoms with van der Waals surface area (Å²) >= 11 is 6.49. The van der Waals surface area contributed by atoms with Gasteiger partial charge in [-0.15, -0.1) is 0 Å². The molecule has 1 aliphatic carbocycles. The lowest BCUT2D eigenvalue weighted by molar-refractivity contribution is -0.137. The third-order valence-corrected chi connectivity index (χ3v) is 6.88. The number of carbonyl (C=O) groups is 1. The van der Waals surface area contributed by atoms with Gasteiger partial charge in [0.1, 0.15) is 0 Å². The highest BCUT2D eigenvalue weighted by molar-refractivity contribution is 6.35. The molecule has 1 unspecified atom stereocenters. The molecule has 3 nitrogen and oxygen atoms in total. The Labute approximate surface area is 161 Å². The van der Waals surface area contributed by atoms with Gasteiger partial charge in [0.15, 0.2) is 0 Å². The average molecular weight is 373 g/mol. The fourth-order valence-electron chi connectivity index (χ4n) is 5.23. The minimum Gasteiger partial charge on any atom is -0.350 e. The summed E-state index contributed by atoms with van der Waals surface area (Å²) in [6.07, 6.45) is 10.3. The number of carbonyl (C=O) groups excluding carboxylic acids is 1. The van der Waals surface area contributed by atoms with Crippen LogP contribution < -0.4 is 0 Å². The summed E-state index contributed by atoms with van der Waals surface area (Å²) < 4.78 is 2.12. The Morgan fingerprint density at radius 2 is 2.00 bits per heavy atom. The summed E-state index contributed by atoms with van der Waals surface area (Å²) in [5.41, 5.74) is 2.33. The van der Waals surface area contributed by atoms with Crippen molar-refractivity contribution in [3.8, 4) is 0 Å². The highest BCUT2D eigenvalue weighted by Crippen LogP contribution is 2.38. The maximum atomic E-state index is 13.2. The highest BCUT2D eigenvalue weighted by atomic mass is 35.5. The summed E-state index contributed by atoms with van der Waals surface area (Å²) in [6.45, 7) is 3.11. The highest BCUT2D eigenvalue weighted by Gasteiger charge is 2.36. The molecule has 1 aliphatic heterocycles. The average Bonchev–Trinajstić information content (AvgIpc) is 2.99. The standard InChI is InChI=1S/C22H29ClN2O/c1-15(17-14-24(2)20-11-5-9-18(23)22(17)20)13-21(26)25-12-6-8-16-7-3-4-10-19(16)25/h5,9,11,14-16,19H,3-4,6-8,10,12-13H2,1-2H3/t15?,16-,19+/m1/s1. The van der Waals surface area contributed by atoms with Crippen LogP contribution in [-0.2, 0) is 11.8 Å². The molecule has 26 heavy (non-hydrogen) atoms. The van der Waals surface area contributed by atoms with Crippen molar-refractivity contribution in [1.29, 1.82) is 0 Å². The lowest BCUT2D eigenvalue weighted by atomic mass is 9.78. The first kappa shape index (κ1) is 17.9. The number of hydrogen-bond acceptors (Lipinski definition) is 1. The van der Waals surface area contributed by atoms with Gasteiger partial charge in [0, 0.05) is 43.2 Å². The molecule has 1 saturated carbocycles. The van der Waals surface area contributed by atoms with Crippen molar-refractivity contribution >= 4 is 28.4 Å². The summed E-state index contributed by atoms with van der Waals surface area (Å²) in [7, 11) is 2.05. The maximum Gasteiger partial charge on any atom is 0.223 e. The molecule has 4 rings (SSSR count). The Bertz CT molecular complexity index is 810. The summed E-state index contributed by atoms with van der Waals surface area (Å²) in [6, 6.07) is 6.52. The van der Waals surface area contributed by atoms with Crippen LogP contribution in [0.15, 0.2) is 24.4 Å². The van der Waals surface area contributed by atoms with E-state index in [1.54, 1.807) is 0 Å². The molecule has 4 heteroatoms. The maximum absolute atomic E-state index is 13.2. The van der Waals surface area contributed by atoms with E-state index in [0.29, 0.717) is 18.4 Å². The van der Waals surface area contributed by atoms with Gasteiger partial charge >= 0.3 is 0 Å². The second kappa shape index (κ2) is 7.26. The van der Waals surface area contributed by atoms with Gasteiger partial charge in [-0.25, -0.2) is 0 Å². The van der Waals surface area contributed by atoms with Crippen molar-refractivity contribution in [2.24, 2.45) is 13.0 Å². The zero-order valence-corrected chi connectivity index (χ0v) is 16.6. The predicted octanol–water partition coefficient (Wildman–Crippen LogP) is 5.51. The van der Waals surface area contributed by atoms with Gasteiger partial charge in [-0.2, -0.15) is 0 Å². The van der Waals surface area contributed by atoms with Crippen LogP contribution in [-0.4, -0.2) is 28.0 Å². The van der Waals surface area contributed by atoms with Gasteiger partial charge in [-0.1, -0.05) is 37.4 Å². The van der Waals surface area contributed by atoms with Gasteiger partial charge in [0.05, 0.1) is 5.02 Å². The Kier molecular flexibility index (Phi) is 5.00. The van der Waals surface area contributed by atoms with Crippen molar-refractivity contribution in [3.05, 3.63) is 35.0 Å². The Hall–Kier alpha value is -1.48. The van der Waals surface area contributed by atoms with Gasteiger partial charge < -0.3 is 9.47 Å². The largest absolute Gasteiger partial charge is 0.350 e. The van der Waals surface area contributed by atoms with Crippen molar-refractivity contribution in [1.82, 2.24) is 9.47 Å². The molecule has 0 bridgehead atoms. The van der Waals surface area contributed by atoms with Crippen LogP contribution in [0.4, 0.5) is 0 Å². The van der Waals surface area contributed by atoms with Crippen LogP contribution in [0.25, 0.3) is 10.9 Å². The first-order chi connectivity index (χ1) is 12.6. The number of piperidine rings is 1. The molecule has 0 spiro atoms. The second-order valence-electron chi connectivity index (χ2n) is 8.28. The molecule has 2 heterocycles. The van der Waals surface area contributed by atoms with E-state index in [9.17, 15) is 4.79 Å². The first-order valence-corrected chi connectivity index (χ1v) is 10.5. The minimum absolute atomic E-state index is 0.176. The number of fused-ring (bicyclic) bond motifs is 2. The van der Waals surface area contributed by atoms with Crippen LogP contribution in [0.2, 0.25) is 5.02 Å². The summed E-state index contributed by atoms with van der Waals surface area (Å²) in [4.78, 5) is 15.4. The number of likely N-dealkylation sites (tertiary alicyclic amines) is 1. The van der Waals surface area contributed by atoms with Crippen molar-refractivity contribution < 1.29 is 4.79 Å². The Balaban J connectivity index is 1.55. The number of nitrogens with zero attached hydrogens (tertiary/aromatic N) is 2. The van der Waals surface area contributed by atoms with Gasteiger partial charge in [-0.3, -0.25) is 4.79 Å². The second-order valence-corrected chi connectivity index (χ2v) is 8.68. The van der Waals surface area contributed by atoms with Crippen LogP contribution in [0.5, 0.6) is 0 Å². The van der Waals surface area contributed by atoms with Crippen molar-refractivity contribution in [2.75, 3.05) is 6.54 Å². The van der Waals surface area contributed by atoms with Crippen molar-refractivity contribution in [2.45, 2.75) is 63.8 Å². The fourth-order valence-corrected chi connectivity index (χ4v) is 5.51. The summed E-state index contributed by atoms with van der Waals surface area (Å²) in [5.74, 6) is 1.25. The molecule has 2 fully saturated rings. The SMILES string of the molecule is CC(CC(=O)N1CCC[C@H]2CCCC[C@@H]21)c1cn(C)c2cccc(Cl)c12. The molecular formula is C22H29ClN2O. The van der Waals surface area contributed by atoms with E-state index in [1.165, 1.54) is 44.1 Å². The van der Waals surface area contributed by atoms with E-state index in [0.717, 1.165) is 28.4 Å². The molecular weight excluding hydrogens is 344 g/mol.